The van der Waals surface area contributed by atoms with E-state index < -0.39 is 10.0 Å². The van der Waals surface area contributed by atoms with Gasteiger partial charge in [-0.25, -0.2) is 12.7 Å². The molecule has 6 nitrogen and oxygen atoms in total. The highest BCUT2D eigenvalue weighted by atomic mass is 32.2. The Hall–Kier alpha value is -2.22. The first-order valence-corrected chi connectivity index (χ1v) is 14.7. The van der Waals surface area contributed by atoms with Crippen LogP contribution in [0, 0.1) is 5.92 Å². The molecule has 2 aromatic rings. The molecule has 190 valence electrons. The van der Waals surface area contributed by atoms with Crippen molar-refractivity contribution in [3.63, 3.8) is 0 Å². The molecule has 2 heterocycles. The lowest BCUT2D eigenvalue weighted by molar-refractivity contribution is -0.126. The highest BCUT2D eigenvalue weighted by Gasteiger charge is 2.31. The molecular weight excluding hydrogens is 458 g/mol. The van der Waals surface area contributed by atoms with Crippen molar-refractivity contribution in [1.82, 2.24) is 14.5 Å². The van der Waals surface area contributed by atoms with Gasteiger partial charge in [-0.1, -0.05) is 61.0 Å². The molecule has 0 aromatic heterocycles. The summed E-state index contributed by atoms with van der Waals surface area (Å²) in [4.78, 5) is 15.3. The summed E-state index contributed by atoms with van der Waals surface area (Å²) in [5.41, 5.74) is 3.53. The number of amides is 1. The van der Waals surface area contributed by atoms with E-state index in [-0.39, 0.29) is 24.1 Å². The summed E-state index contributed by atoms with van der Waals surface area (Å²) in [6, 6.07) is 18.4. The molecule has 1 amide bonds. The van der Waals surface area contributed by atoms with Crippen LogP contribution in [-0.2, 0) is 34.3 Å². The third-order valence-electron chi connectivity index (χ3n) is 7.20. The predicted octanol–water partition coefficient (Wildman–Crippen LogP) is 3.96. The van der Waals surface area contributed by atoms with E-state index in [9.17, 15) is 13.2 Å². The van der Waals surface area contributed by atoms with Crippen LogP contribution in [0.2, 0.25) is 0 Å². The van der Waals surface area contributed by atoms with Gasteiger partial charge < -0.3 is 5.32 Å². The van der Waals surface area contributed by atoms with Crippen LogP contribution in [0.15, 0.2) is 54.6 Å². The van der Waals surface area contributed by atoms with Gasteiger partial charge in [0.05, 0.1) is 11.7 Å². The van der Waals surface area contributed by atoms with E-state index in [1.54, 1.807) is 0 Å². The Labute approximate surface area is 210 Å². The minimum absolute atomic E-state index is 0.0495. The van der Waals surface area contributed by atoms with E-state index in [1.807, 2.05) is 30.3 Å². The van der Waals surface area contributed by atoms with Gasteiger partial charge in [-0.05, 0) is 68.3 Å². The largest absolute Gasteiger partial charge is 0.352 e. The molecule has 35 heavy (non-hydrogen) atoms. The zero-order chi connectivity index (χ0) is 24.5. The highest BCUT2D eigenvalue weighted by Crippen LogP contribution is 2.21. The van der Waals surface area contributed by atoms with Crippen molar-refractivity contribution in [1.29, 1.82) is 0 Å². The molecule has 7 heteroatoms. The Bertz CT molecular complexity index is 1030. The number of sulfonamides is 1. The normalized spacial score (nSPS) is 19.9. The van der Waals surface area contributed by atoms with Crippen LogP contribution in [0.25, 0.3) is 0 Å². The summed E-state index contributed by atoms with van der Waals surface area (Å²) in [5, 5.41) is 3.04. The number of carbonyl (C=O) groups is 1. The maximum atomic E-state index is 12.9. The number of piperidine rings is 2. The van der Waals surface area contributed by atoms with E-state index in [4.69, 9.17) is 0 Å². The molecule has 2 aliphatic rings. The van der Waals surface area contributed by atoms with E-state index in [0.29, 0.717) is 19.5 Å². The number of hydrogen-bond acceptors (Lipinski definition) is 4. The Balaban J connectivity index is 1.22. The summed E-state index contributed by atoms with van der Waals surface area (Å²) in [7, 11) is -3.35. The molecule has 0 aliphatic carbocycles. The first-order valence-electron chi connectivity index (χ1n) is 13.1. The van der Waals surface area contributed by atoms with E-state index in [0.717, 1.165) is 36.9 Å². The fraction of sp³-hybridized carbons (Fsp3) is 0.536. The molecule has 0 radical (unpaired) electrons. The molecule has 2 fully saturated rings. The minimum atomic E-state index is -3.35. The molecule has 0 saturated carbocycles. The Kier molecular flexibility index (Phi) is 9.35. The molecule has 2 saturated heterocycles. The molecule has 4 rings (SSSR count). The van der Waals surface area contributed by atoms with E-state index in [1.165, 1.54) is 42.2 Å². The Morgan fingerprint density at radius 3 is 2.31 bits per heavy atom. The number of carbonyl (C=O) groups excluding carboxylic acids is 1. The number of nitrogens with one attached hydrogen (secondary N) is 1. The summed E-state index contributed by atoms with van der Waals surface area (Å²) in [5.74, 6) is -0.211. The lowest BCUT2D eigenvalue weighted by Gasteiger charge is -2.31. The second-order valence-corrected chi connectivity index (χ2v) is 12.1. The number of rotatable bonds is 10. The fourth-order valence-corrected chi connectivity index (χ4v) is 6.69. The van der Waals surface area contributed by atoms with Gasteiger partial charge >= 0.3 is 0 Å². The van der Waals surface area contributed by atoms with Crippen LogP contribution in [-0.4, -0.2) is 55.5 Å². The van der Waals surface area contributed by atoms with E-state index >= 15 is 0 Å². The minimum Gasteiger partial charge on any atom is -0.352 e. The van der Waals surface area contributed by atoms with Crippen LogP contribution in [0.1, 0.15) is 55.2 Å². The predicted molar refractivity (Wildman–Crippen MR) is 140 cm³/mol. The Morgan fingerprint density at radius 2 is 1.57 bits per heavy atom. The maximum Gasteiger partial charge on any atom is 0.224 e. The first-order chi connectivity index (χ1) is 17.0. The molecule has 0 unspecified atom stereocenters. The lowest BCUT2D eigenvalue weighted by atomic mass is 9.98. The van der Waals surface area contributed by atoms with Crippen molar-refractivity contribution in [2.75, 3.05) is 31.9 Å². The Morgan fingerprint density at radius 1 is 0.857 bits per heavy atom. The molecule has 1 atom stereocenters. The topological polar surface area (TPSA) is 69.7 Å². The summed E-state index contributed by atoms with van der Waals surface area (Å²) in [6.07, 6.45) is 6.71. The van der Waals surface area contributed by atoms with Crippen molar-refractivity contribution >= 4 is 15.9 Å². The monoisotopic (exact) mass is 497 g/mol. The number of hydrogen-bond donors (Lipinski definition) is 1. The third kappa shape index (κ3) is 7.89. The first kappa shape index (κ1) is 25.9. The zero-order valence-corrected chi connectivity index (χ0v) is 21.5. The average molecular weight is 498 g/mol. The second-order valence-electron chi connectivity index (χ2n) is 9.97. The van der Waals surface area contributed by atoms with Gasteiger partial charge in [0, 0.05) is 26.2 Å². The maximum absolute atomic E-state index is 12.9. The number of aryl methyl sites for hydroxylation is 1. The van der Waals surface area contributed by atoms with Crippen LogP contribution in [0.5, 0.6) is 0 Å². The SMILES string of the molecule is O=C(NCc1ccc(CN2CCCCC2)cc1)[C@@H]1CCCN(S(=O)(=O)CCCc2ccccc2)C1. The van der Waals surface area contributed by atoms with Gasteiger partial charge in [-0.2, -0.15) is 0 Å². The molecule has 1 N–H and O–H groups in total. The van der Waals surface area contributed by atoms with Gasteiger partial charge in [0.1, 0.15) is 0 Å². The second kappa shape index (κ2) is 12.7. The van der Waals surface area contributed by atoms with Crippen LogP contribution in [0.3, 0.4) is 0 Å². The fourth-order valence-electron chi connectivity index (χ4n) is 5.11. The number of nitrogens with zero attached hydrogens (tertiary/aromatic N) is 2. The van der Waals surface area contributed by atoms with Gasteiger partial charge in [0.2, 0.25) is 15.9 Å². The van der Waals surface area contributed by atoms with Crippen LogP contribution < -0.4 is 5.32 Å². The zero-order valence-electron chi connectivity index (χ0n) is 20.7. The standard InChI is InChI=1S/C28H39N3O3S/c32-28(29-21-25-13-15-26(16-14-25)22-30-17-5-2-6-18-30)27-12-7-19-31(23-27)35(33,34)20-8-11-24-9-3-1-4-10-24/h1,3-4,9-10,13-16,27H,2,5-8,11-12,17-23H2,(H,29,32)/t27-/m1/s1. The van der Waals surface area contributed by atoms with Crippen molar-refractivity contribution in [2.24, 2.45) is 5.92 Å². The smallest absolute Gasteiger partial charge is 0.224 e. The van der Waals surface area contributed by atoms with Gasteiger partial charge in [0.15, 0.2) is 0 Å². The molecule has 0 spiro atoms. The average Bonchev–Trinajstić information content (AvgIpc) is 2.89. The van der Waals surface area contributed by atoms with Crippen molar-refractivity contribution in [3.05, 3.63) is 71.3 Å². The third-order valence-corrected chi connectivity index (χ3v) is 9.13. The quantitative estimate of drug-likeness (QED) is 0.539. The van der Waals surface area contributed by atoms with Gasteiger partial charge in [-0.3, -0.25) is 9.69 Å². The van der Waals surface area contributed by atoms with Crippen molar-refractivity contribution in [3.8, 4) is 0 Å². The van der Waals surface area contributed by atoms with Crippen molar-refractivity contribution in [2.45, 2.75) is 58.0 Å². The molecular formula is C28H39N3O3S. The molecule has 2 aliphatic heterocycles. The lowest BCUT2D eigenvalue weighted by Crippen LogP contribution is -2.46. The van der Waals surface area contributed by atoms with Crippen LogP contribution in [0.4, 0.5) is 0 Å². The molecule has 2 aromatic carbocycles. The van der Waals surface area contributed by atoms with Crippen molar-refractivity contribution < 1.29 is 13.2 Å². The highest BCUT2D eigenvalue weighted by molar-refractivity contribution is 7.89. The summed E-state index contributed by atoms with van der Waals surface area (Å²) >= 11 is 0. The molecule has 0 bridgehead atoms. The van der Waals surface area contributed by atoms with Crippen LogP contribution >= 0.6 is 0 Å². The van der Waals surface area contributed by atoms with E-state index in [2.05, 4.69) is 34.5 Å². The number of likely N-dealkylation sites (tertiary alicyclic amines) is 1. The van der Waals surface area contributed by atoms with Gasteiger partial charge in [0.25, 0.3) is 0 Å². The summed E-state index contributed by atoms with van der Waals surface area (Å²) < 4.78 is 27.3. The van der Waals surface area contributed by atoms with Gasteiger partial charge in [-0.15, -0.1) is 0 Å². The summed E-state index contributed by atoms with van der Waals surface area (Å²) in [6.45, 7) is 4.62. The number of benzene rings is 2.